The van der Waals surface area contributed by atoms with Crippen LogP contribution in [0.1, 0.15) is 46.0 Å². The molecule has 19 heavy (non-hydrogen) atoms. The molecule has 1 aromatic carbocycles. The highest BCUT2D eigenvalue weighted by Gasteiger charge is 2.14. The lowest BCUT2D eigenvalue weighted by molar-refractivity contribution is 0.244. The van der Waals surface area contributed by atoms with Gasteiger partial charge in [0, 0.05) is 6.54 Å². The maximum Gasteiger partial charge on any atom is 0.144 e. The van der Waals surface area contributed by atoms with Gasteiger partial charge >= 0.3 is 0 Å². The summed E-state index contributed by atoms with van der Waals surface area (Å²) in [4.78, 5) is 0. The van der Waals surface area contributed by atoms with Crippen LogP contribution < -0.4 is 15.8 Å². The Hall–Kier alpha value is -1.38. The van der Waals surface area contributed by atoms with Crippen molar-refractivity contribution in [3.05, 3.63) is 18.2 Å². The summed E-state index contributed by atoms with van der Waals surface area (Å²) in [5, 5.41) is 3.49. The molecule has 3 nitrogen and oxygen atoms in total. The zero-order valence-corrected chi connectivity index (χ0v) is 12.1. The molecule has 0 radical (unpaired) electrons. The second kappa shape index (κ2) is 6.69. The van der Waals surface area contributed by atoms with E-state index >= 15 is 0 Å². The van der Waals surface area contributed by atoms with Crippen LogP contribution in [0.3, 0.4) is 0 Å². The molecule has 1 aromatic rings. The summed E-state index contributed by atoms with van der Waals surface area (Å²) in [6.07, 6.45) is 6.98. The van der Waals surface area contributed by atoms with Crippen molar-refractivity contribution in [3.63, 3.8) is 0 Å². The van der Waals surface area contributed by atoms with Crippen molar-refractivity contribution in [2.24, 2.45) is 5.92 Å². The molecular weight excluding hydrogens is 236 g/mol. The summed E-state index contributed by atoms with van der Waals surface area (Å²) in [7, 11) is 0. The standard InChI is InChI=1S/C16H26N2O/c1-12(2)19-15-10-6-9-14(16(15)17)18-11-13-7-4-3-5-8-13/h6,9-10,12-13,18H,3-5,7-8,11,17H2,1-2H3. The Labute approximate surface area is 116 Å². The maximum absolute atomic E-state index is 6.16. The second-order valence-corrected chi connectivity index (χ2v) is 5.77. The Kier molecular flexibility index (Phi) is 4.94. The van der Waals surface area contributed by atoms with E-state index in [1.54, 1.807) is 0 Å². The van der Waals surface area contributed by atoms with Gasteiger partial charge in [-0.05, 0) is 44.7 Å². The molecule has 0 bridgehead atoms. The highest BCUT2D eigenvalue weighted by molar-refractivity contribution is 5.72. The van der Waals surface area contributed by atoms with Gasteiger partial charge in [-0.3, -0.25) is 0 Å². The van der Waals surface area contributed by atoms with E-state index in [9.17, 15) is 0 Å². The van der Waals surface area contributed by atoms with Gasteiger partial charge in [0.25, 0.3) is 0 Å². The molecule has 1 saturated carbocycles. The topological polar surface area (TPSA) is 47.3 Å². The van der Waals surface area contributed by atoms with Crippen LogP contribution in [0.25, 0.3) is 0 Å². The first-order valence-corrected chi connectivity index (χ1v) is 7.46. The van der Waals surface area contributed by atoms with Crippen molar-refractivity contribution in [1.82, 2.24) is 0 Å². The summed E-state index contributed by atoms with van der Waals surface area (Å²) in [5.74, 6) is 1.58. The van der Waals surface area contributed by atoms with Crippen LogP contribution >= 0.6 is 0 Å². The lowest BCUT2D eigenvalue weighted by Crippen LogP contribution is -2.18. The van der Waals surface area contributed by atoms with Crippen LogP contribution in [0.15, 0.2) is 18.2 Å². The fourth-order valence-corrected chi connectivity index (χ4v) is 2.70. The molecule has 3 heteroatoms. The number of benzene rings is 1. The summed E-state index contributed by atoms with van der Waals surface area (Å²) >= 11 is 0. The minimum atomic E-state index is 0.149. The average Bonchev–Trinajstić information content (AvgIpc) is 2.40. The van der Waals surface area contributed by atoms with Crippen molar-refractivity contribution in [1.29, 1.82) is 0 Å². The molecule has 1 aliphatic carbocycles. The smallest absolute Gasteiger partial charge is 0.144 e. The Balaban J connectivity index is 1.95. The third-order valence-electron chi connectivity index (χ3n) is 3.73. The summed E-state index contributed by atoms with van der Waals surface area (Å²) < 4.78 is 5.71. The van der Waals surface area contributed by atoms with Gasteiger partial charge in [-0.1, -0.05) is 25.3 Å². The van der Waals surface area contributed by atoms with Gasteiger partial charge in [-0.25, -0.2) is 0 Å². The highest BCUT2D eigenvalue weighted by Crippen LogP contribution is 2.31. The van der Waals surface area contributed by atoms with E-state index in [0.717, 1.165) is 29.6 Å². The maximum atomic E-state index is 6.16. The van der Waals surface area contributed by atoms with E-state index in [-0.39, 0.29) is 6.10 Å². The Morgan fingerprint density at radius 1 is 1.26 bits per heavy atom. The summed E-state index contributed by atoms with van der Waals surface area (Å²) in [6.45, 7) is 5.05. The van der Waals surface area contributed by atoms with Crippen LogP contribution in [0.5, 0.6) is 5.75 Å². The summed E-state index contributed by atoms with van der Waals surface area (Å²) in [5.41, 5.74) is 7.89. The first-order valence-electron chi connectivity index (χ1n) is 7.46. The first-order chi connectivity index (χ1) is 9.16. The fourth-order valence-electron chi connectivity index (χ4n) is 2.70. The molecule has 0 atom stereocenters. The van der Waals surface area contributed by atoms with Crippen LogP contribution in [0, 0.1) is 5.92 Å². The number of anilines is 2. The molecule has 2 rings (SSSR count). The molecule has 0 heterocycles. The van der Waals surface area contributed by atoms with E-state index < -0.39 is 0 Å². The molecule has 0 unspecified atom stereocenters. The lowest BCUT2D eigenvalue weighted by atomic mass is 9.89. The number of para-hydroxylation sites is 1. The molecule has 3 N–H and O–H groups in total. The summed E-state index contributed by atoms with van der Waals surface area (Å²) in [6, 6.07) is 5.96. The number of rotatable bonds is 5. The molecule has 0 spiro atoms. The quantitative estimate of drug-likeness (QED) is 0.787. The largest absolute Gasteiger partial charge is 0.489 e. The highest BCUT2D eigenvalue weighted by atomic mass is 16.5. The predicted octanol–water partition coefficient (Wildman–Crippen LogP) is 4.05. The minimum absolute atomic E-state index is 0.149. The number of nitrogen functional groups attached to an aromatic ring is 1. The van der Waals surface area contributed by atoms with Gasteiger partial charge in [0.1, 0.15) is 5.75 Å². The van der Waals surface area contributed by atoms with Gasteiger partial charge in [-0.15, -0.1) is 0 Å². The molecule has 106 valence electrons. The number of nitrogens with two attached hydrogens (primary N) is 1. The number of ether oxygens (including phenoxy) is 1. The number of hydrogen-bond donors (Lipinski definition) is 2. The van der Waals surface area contributed by atoms with E-state index in [1.165, 1.54) is 32.1 Å². The fraction of sp³-hybridized carbons (Fsp3) is 0.625. The molecule has 1 aliphatic rings. The average molecular weight is 262 g/mol. The van der Waals surface area contributed by atoms with Gasteiger partial charge in [0.05, 0.1) is 17.5 Å². The first kappa shape index (κ1) is 14.0. The lowest BCUT2D eigenvalue weighted by Gasteiger charge is -2.23. The molecular formula is C16H26N2O. The molecule has 0 saturated heterocycles. The number of hydrogen-bond acceptors (Lipinski definition) is 3. The van der Waals surface area contributed by atoms with Crippen molar-refractivity contribution < 1.29 is 4.74 Å². The van der Waals surface area contributed by atoms with Crippen LogP contribution in [-0.4, -0.2) is 12.6 Å². The SMILES string of the molecule is CC(C)Oc1cccc(NCC2CCCCC2)c1N. The Morgan fingerprint density at radius 2 is 2.00 bits per heavy atom. The second-order valence-electron chi connectivity index (χ2n) is 5.77. The minimum Gasteiger partial charge on any atom is -0.489 e. The number of nitrogens with one attached hydrogen (secondary N) is 1. The van der Waals surface area contributed by atoms with Crippen molar-refractivity contribution in [2.45, 2.75) is 52.1 Å². The van der Waals surface area contributed by atoms with E-state index in [4.69, 9.17) is 10.5 Å². The van der Waals surface area contributed by atoms with Crippen molar-refractivity contribution in [3.8, 4) is 5.75 Å². The molecule has 0 aliphatic heterocycles. The molecule has 0 aromatic heterocycles. The van der Waals surface area contributed by atoms with Crippen molar-refractivity contribution >= 4 is 11.4 Å². The van der Waals surface area contributed by atoms with Gasteiger partial charge in [0.15, 0.2) is 0 Å². The molecule has 1 fully saturated rings. The Morgan fingerprint density at radius 3 is 2.68 bits per heavy atom. The van der Waals surface area contributed by atoms with E-state index in [1.807, 2.05) is 32.0 Å². The zero-order valence-electron chi connectivity index (χ0n) is 12.1. The van der Waals surface area contributed by atoms with Crippen LogP contribution in [0.2, 0.25) is 0 Å². The normalized spacial score (nSPS) is 16.6. The van der Waals surface area contributed by atoms with Gasteiger partial charge in [-0.2, -0.15) is 0 Å². The van der Waals surface area contributed by atoms with Gasteiger partial charge < -0.3 is 15.8 Å². The molecule has 0 amide bonds. The van der Waals surface area contributed by atoms with Crippen LogP contribution in [-0.2, 0) is 0 Å². The van der Waals surface area contributed by atoms with Crippen LogP contribution in [0.4, 0.5) is 11.4 Å². The third kappa shape index (κ3) is 4.05. The Bertz CT molecular complexity index is 398. The monoisotopic (exact) mass is 262 g/mol. The van der Waals surface area contributed by atoms with Gasteiger partial charge in [0.2, 0.25) is 0 Å². The predicted molar refractivity (Wildman–Crippen MR) is 81.7 cm³/mol. The van der Waals surface area contributed by atoms with E-state index in [0.29, 0.717) is 0 Å². The third-order valence-corrected chi connectivity index (χ3v) is 3.73. The van der Waals surface area contributed by atoms with Crippen molar-refractivity contribution in [2.75, 3.05) is 17.6 Å². The van der Waals surface area contributed by atoms with E-state index in [2.05, 4.69) is 5.32 Å². The zero-order chi connectivity index (χ0) is 13.7.